The number of benzene rings is 2. The average molecular weight is 287 g/mol. The molecular formula is C14H10FN3O3. The Hall–Kier alpha value is -3.09. The first-order valence-corrected chi connectivity index (χ1v) is 5.87. The predicted octanol–water partition coefficient (Wildman–Crippen LogP) is 2.49. The van der Waals surface area contributed by atoms with Crippen LogP contribution in [0, 0.1) is 21.3 Å². The number of halogens is 1. The number of carbonyl (C=O) groups is 1. The zero-order valence-electron chi connectivity index (χ0n) is 10.7. The highest BCUT2D eigenvalue weighted by Crippen LogP contribution is 2.12. The Morgan fingerprint density at radius 1 is 1.05 bits per heavy atom. The molecule has 2 aromatic carbocycles. The lowest BCUT2D eigenvalue weighted by Crippen LogP contribution is -2.30. The molecule has 0 unspecified atom stereocenters. The first-order valence-electron chi connectivity index (χ1n) is 5.87. The Labute approximate surface area is 118 Å². The Morgan fingerprint density at radius 2 is 1.57 bits per heavy atom. The summed E-state index contributed by atoms with van der Waals surface area (Å²) in [6.07, 6.45) is 0. The van der Waals surface area contributed by atoms with Crippen LogP contribution >= 0.6 is 0 Å². The quantitative estimate of drug-likeness (QED) is 0.393. The Bertz CT molecular complexity index is 696. The molecule has 7 heteroatoms. The van der Waals surface area contributed by atoms with E-state index in [1.54, 1.807) is 0 Å². The van der Waals surface area contributed by atoms with E-state index in [-0.39, 0.29) is 17.1 Å². The zero-order valence-corrected chi connectivity index (χ0v) is 10.7. The van der Waals surface area contributed by atoms with E-state index in [2.05, 4.69) is 5.32 Å². The number of nitro benzene ring substituents is 1. The molecule has 0 fully saturated rings. The number of amides is 1. The number of amidine groups is 1. The van der Waals surface area contributed by atoms with Gasteiger partial charge in [-0.25, -0.2) is 4.39 Å². The van der Waals surface area contributed by atoms with Gasteiger partial charge in [0.25, 0.3) is 11.6 Å². The minimum Gasteiger partial charge on any atom is -0.307 e. The van der Waals surface area contributed by atoms with Gasteiger partial charge in [-0.15, -0.1) is 0 Å². The second-order valence-corrected chi connectivity index (χ2v) is 4.14. The summed E-state index contributed by atoms with van der Waals surface area (Å²) < 4.78 is 12.8. The Morgan fingerprint density at radius 3 is 2.10 bits per heavy atom. The molecule has 0 aromatic heterocycles. The molecule has 0 atom stereocenters. The summed E-state index contributed by atoms with van der Waals surface area (Å²) in [6.45, 7) is 0. The monoisotopic (exact) mass is 287 g/mol. The van der Waals surface area contributed by atoms with Crippen LogP contribution in [0.3, 0.4) is 0 Å². The van der Waals surface area contributed by atoms with Gasteiger partial charge in [0.15, 0.2) is 0 Å². The second kappa shape index (κ2) is 5.91. The topological polar surface area (TPSA) is 96.1 Å². The molecule has 0 aliphatic heterocycles. The van der Waals surface area contributed by atoms with E-state index < -0.39 is 16.6 Å². The number of hydrogen-bond donors (Lipinski definition) is 2. The second-order valence-electron chi connectivity index (χ2n) is 4.14. The SMILES string of the molecule is N=C(NC(=O)c1ccc(F)cc1)c1ccc([N+](=O)[O-])cc1. The van der Waals surface area contributed by atoms with Gasteiger partial charge in [0.2, 0.25) is 0 Å². The van der Waals surface area contributed by atoms with E-state index in [0.29, 0.717) is 5.56 Å². The van der Waals surface area contributed by atoms with Gasteiger partial charge < -0.3 is 5.32 Å². The molecular weight excluding hydrogens is 277 g/mol. The lowest BCUT2D eigenvalue weighted by Gasteiger charge is -2.06. The maximum absolute atomic E-state index is 12.8. The van der Waals surface area contributed by atoms with Crippen LogP contribution in [-0.4, -0.2) is 16.7 Å². The fourth-order valence-electron chi connectivity index (χ4n) is 1.61. The lowest BCUT2D eigenvalue weighted by atomic mass is 10.1. The molecule has 2 rings (SSSR count). The number of nitrogens with zero attached hydrogens (tertiary/aromatic N) is 1. The normalized spacial score (nSPS) is 9.95. The average Bonchev–Trinajstić information content (AvgIpc) is 2.47. The van der Waals surface area contributed by atoms with Crippen LogP contribution in [0.15, 0.2) is 48.5 Å². The first kappa shape index (κ1) is 14.3. The third kappa shape index (κ3) is 3.47. The molecule has 21 heavy (non-hydrogen) atoms. The van der Waals surface area contributed by atoms with Crippen LogP contribution in [0.2, 0.25) is 0 Å². The summed E-state index contributed by atoms with van der Waals surface area (Å²) in [5, 5.41) is 20.6. The maximum atomic E-state index is 12.8. The van der Waals surface area contributed by atoms with Gasteiger partial charge in [-0.2, -0.15) is 0 Å². The highest BCUT2D eigenvalue weighted by Gasteiger charge is 2.11. The minimum absolute atomic E-state index is 0.101. The first-order chi connectivity index (χ1) is 9.97. The summed E-state index contributed by atoms with van der Waals surface area (Å²) in [6, 6.07) is 10.1. The van der Waals surface area contributed by atoms with Gasteiger partial charge in [-0.1, -0.05) is 0 Å². The molecule has 0 bridgehead atoms. The van der Waals surface area contributed by atoms with E-state index in [4.69, 9.17) is 5.41 Å². The van der Waals surface area contributed by atoms with Crippen molar-refractivity contribution in [1.29, 1.82) is 5.41 Å². The molecule has 106 valence electrons. The van der Waals surface area contributed by atoms with Gasteiger partial charge in [0.1, 0.15) is 11.7 Å². The van der Waals surface area contributed by atoms with Gasteiger partial charge in [-0.05, 0) is 36.4 Å². The molecule has 0 radical (unpaired) electrons. The van der Waals surface area contributed by atoms with Gasteiger partial charge >= 0.3 is 0 Å². The van der Waals surface area contributed by atoms with E-state index >= 15 is 0 Å². The molecule has 2 N–H and O–H groups in total. The van der Waals surface area contributed by atoms with Gasteiger partial charge in [0, 0.05) is 23.3 Å². The number of nitro groups is 1. The number of non-ortho nitro benzene ring substituents is 1. The van der Waals surface area contributed by atoms with Crippen LogP contribution in [0.4, 0.5) is 10.1 Å². The van der Waals surface area contributed by atoms with Crippen molar-refractivity contribution >= 4 is 17.4 Å². The molecule has 1 amide bonds. The Kier molecular flexibility index (Phi) is 4.03. The lowest BCUT2D eigenvalue weighted by molar-refractivity contribution is -0.384. The third-order valence-electron chi connectivity index (χ3n) is 2.71. The Balaban J connectivity index is 2.08. The third-order valence-corrected chi connectivity index (χ3v) is 2.71. The van der Waals surface area contributed by atoms with Crippen LogP contribution in [0.1, 0.15) is 15.9 Å². The molecule has 6 nitrogen and oxygen atoms in total. The van der Waals surface area contributed by atoms with E-state index in [1.165, 1.54) is 36.4 Å². The molecule has 0 saturated heterocycles. The summed E-state index contributed by atoms with van der Waals surface area (Å²) >= 11 is 0. The highest BCUT2D eigenvalue weighted by molar-refractivity contribution is 6.11. The molecule has 0 heterocycles. The predicted molar refractivity (Wildman–Crippen MR) is 73.8 cm³/mol. The number of hydrogen-bond acceptors (Lipinski definition) is 4. The summed E-state index contributed by atoms with van der Waals surface area (Å²) in [4.78, 5) is 21.8. The standard InChI is InChI=1S/C14H10FN3O3/c15-11-5-1-10(2-6-11)14(19)17-13(16)9-3-7-12(8-4-9)18(20)21/h1-8H,(H2,16,17,19). The zero-order chi connectivity index (χ0) is 15.4. The van der Waals surface area contributed by atoms with Crippen molar-refractivity contribution in [3.8, 4) is 0 Å². The van der Waals surface area contributed by atoms with E-state index in [9.17, 15) is 19.3 Å². The van der Waals surface area contributed by atoms with Crippen molar-refractivity contribution in [1.82, 2.24) is 5.32 Å². The van der Waals surface area contributed by atoms with Crippen molar-refractivity contribution < 1.29 is 14.1 Å². The van der Waals surface area contributed by atoms with E-state index in [1.807, 2.05) is 0 Å². The minimum atomic E-state index is -0.557. The number of carbonyl (C=O) groups excluding carboxylic acids is 1. The van der Waals surface area contributed by atoms with Crippen molar-refractivity contribution in [2.24, 2.45) is 0 Å². The van der Waals surface area contributed by atoms with Crippen molar-refractivity contribution in [3.05, 3.63) is 75.6 Å². The van der Waals surface area contributed by atoms with Crippen LogP contribution < -0.4 is 5.32 Å². The van der Waals surface area contributed by atoms with Crippen LogP contribution in [0.25, 0.3) is 0 Å². The molecule has 0 aliphatic rings. The molecule has 2 aromatic rings. The van der Waals surface area contributed by atoms with Crippen molar-refractivity contribution in [3.63, 3.8) is 0 Å². The number of rotatable bonds is 3. The van der Waals surface area contributed by atoms with Crippen LogP contribution in [0.5, 0.6) is 0 Å². The fraction of sp³-hybridized carbons (Fsp3) is 0. The summed E-state index contributed by atoms with van der Waals surface area (Å²) in [5.41, 5.74) is 0.440. The number of nitrogens with one attached hydrogen (secondary N) is 2. The van der Waals surface area contributed by atoms with Crippen molar-refractivity contribution in [2.75, 3.05) is 0 Å². The van der Waals surface area contributed by atoms with Crippen LogP contribution in [-0.2, 0) is 0 Å². The molecule has 0 spiro atoms. The van der Waals surface area contributed by atoms with Gasteiger partial charge in [-0.3, -0.25) is 20.3 Å². The maximum Gasteiger partial charge on any atom is 0.269 e. The largest absolute Gasteiger partial charge is 0.307 e. The molecule has 0 saturated carbocycles. The van der Waals surface area contributed by atoms with Crippen molar-refractivity contribution in [2.45, 2.75) is 0 Å². The smallest absolute Gasteiger partial charge is 0.269 e. The summed E-state index contributed by atoms with van der Waals surface area (Å²) in [7, 11) is 0. The van der Waals surface area contributed by atoms with Gasteiger partial charge in [0.05, 0.1) is 4.92 Å². The fourth-order valence-corrected chi connectivity index (χ4v) is 1.61. The molecule has 0 aliphatic carbocycles. The highest BCUT2D eigenvalue weighted by atomic mass is 19.1. The summed E-state index contributed by atoms with van der Waals surface area (Å²) in [5.74, 6) is -1.21. The van der Waals surface area contributed by atoms with E-state index in [0.717, 1.165) is 12.1 Å².